The highest BCUT2D eigenvalue weighted by atomic mass is 15.1. The number of aromatic nitrogens is 1. The van der Waals surface area contributed by atoms with E-state index in [1.165, 1.54) is 88.6 Å². The fourth-order valence-corrected chi connectivity index (χ4v) is 11.4. The zero-order chi connectivity index (χ0) is 44.9. The molecule has 1 aliphatic carbocycles. The first kappa shape index (κ1) is 40.3. The number of fused-ring (bicyclic) bond motifs is 6. The van der Waals surface area contributed by atoms with Gasteiger partial charge < -0.3 is 9.47 Å². The molecule has 0 atom stereocenters. The third-order valence-corrected chi connectivity index (χ3v) is 14.3. The summed E-state index contributed by atoms with van der Waals surface area (Å²) in [5.74, 6) is 0. The van der Waals surface area contributed by atoms with Crippen LogP contribution in [0.25, 0.3) is 60.9 Å². The Morgan fingerprint density at radius 1 is 0.358 bits per heavy atom. The van der Waals surface area contributed by atoms with Gasteiger partial charge in [0.05, 0.1) is 16.4 Å². The van der Waals surface area contributed by atoms with Crippen LogP contribution in [-0.2, 0) is 18.3 Å². The van der Waals surface area contributed by atoms with E-state index in [9.17, 15) is 0 Å². The van der Waals surface area contributed by atoms with Gasteiger partial charge in [0.2, 0.25) is 0 Å². The van der Waals surface area contributed by atoms with Crippen LogP contribution in [0.15, 0.2) is 243 Å². The van der Waals surface area contributed by atoms with Gasteiger partial charge in [-0.05, 0) is 140 Å². The van der Waals surface area contributed by atoms with Crippen molar-refractivity contribution in [3.05, 3.63) is 276 Å². The molecule has 0 aliphatic heterocycles. The maximum atomic E-state index is 2.43. The maximum Gasteiger partial charge on any atom is 0.0719 e. The summed E-state index contributed by atoms with van der Waals surface area (Å²) < 4.78 is 2.39. The molecule has 0 spiro atoms. The maximum absolute atomic E-state index is 2.43. The Balaban J connectivity index is 1.06. The fourth-order valence-electron chi connectivity index (χ4n) is 11.4. The molecule has 1 aliphatic rings. The van der Waals surface area contributed by atoms with Gasteiger partial charge in [0.25, 0.3) is 0 Å². The summed E-state index contributed by atoms with van der Waals surface area (Å²) in [6, 6.07) is 89.9. The zero-order valence-electron chi connectivity index (χ0n) is 37.9. The number of anilines is 3. The Morgan fingerprint density at radius 3 is 1.63 bits per heavy atom. The van der Waals surface area contributed by atoms with Gasteiger partial charge in [0.1, 0.15) is 0 Å². The highest BCUT2D eigenvalue weighted by molar-refractivity contribution is 6.10. The van der Waals surface area contributed by atoms with E-state index in [0.29, 0.717) is 0 Å². The lowest BCUT2D eigenvalue weighted by atomic mass is 9.64. The molecule has 1 heterocycles. The van der Waals surface area contributed by atoms with E-state index in [1.807, 2.05) is 0 Å². The summed E-state index contributed by atoms with van der Waals surface area (Å²) in [4.78, 5) is 2.43. The Morgan fingerprint density at radius 2 is 0.896 bits per heavy atom. The number of aryl methyl sites for hydroxylation is 1. The molecule has 0 saturated carbocycles. The smallest absolute Gasteiger partial charge is 0.0719 e. The van der Waals surface area contributed by atoms with Crippen LogP contribution in [0, 0.1) is 0 Å². The summed E-state index contributed by atoms with van der Waals surface area (Å²) >= 11 is 0. The highest BCUT2D eigenvalue weighted by Crippen LogP contribution is 2.58. The van der Waals surface area contributed by atoms with E-state index in [-0.39, 0.29) is 0 Å². The number of para-hydroxylation sites is 2. The standard InChI is InChI=1S/C65H50N2/c1-3-45-21-11-15-32-59(45)65(61-33-16-12-28-55(61)56-29-13-17-34-62(56)65)60-35-20-31-54(53(60)4-2)48-24-19-27-51(43-48)66(50-39-37-47(38-40-50)46-22-7-5-8-23-46)52-41-42-64-58(44-52)57-30-14-18-36-63(57)67(64)49-25-9-6-10-26-49/h5-44H,3-4H2,1-2H3. The third kappa shape index (κ3) is 6.47. The van der Waals surface area contributed by atoms with Crippen LogP contribution in [0.1, 0.15) is 47.2 Å². The molecule has 0 amide bonds. The van der Waals surface area contributed by atoms with Crippen molar-refractivity contribution in [2.24, 2.45) is 0 Å². The minimum absolute atomic E-state index is 0.486. The molecule has 1 aromatic heterocycles. The van der Waals surface area contributed by atoms with Gasteiger partial charge in [0.15, 0.2) is 0 Å². The van der Waals surface area contributed by atoms with E-state index in [1.54, 1.807) is 0 Å². The molecule has 12 rings (SSSR count). The molecule has 0 fully saturated rings. The molecule has 0 radical (unpaired) electrons. The SMILES string of the molecule is CCc1ccccc1C1(c2cccc(-c3cccc(N(c4ccc(-c5ccccc5)cc4)c4ccc5c(c4)c4ccccc4n5-c4ccccc4)c3)c2CC)c2ccccc2-c2ccccc21. The van der Waals surface area contributed by atoms with Crippen LogP contribution < -0.4 is 4.90 Å². The Kier molecular flexibility index (Phi) is 10.0. The number of rotatable bonds is 10. The first-order valence-electron chi connectivity index (χ1n) is 23.7. The second-order valence-electron chi connectivity index (χ2n) is 17.7. The lowest BCUT2D eigenvalue weighted by Gasteiger charge is -2.37. The number of hydrogen-bond acceptors (Lipinski definition) is 1. The van der Waals surface area contributed by atoms with E-state index in [2.05, 4.69) is 266 Å². The van der Waals surface area contributed by atoms with Crippen LogP contribution in [0.2, 0.25) is 0 Å². The zero-order valence-corrected chi connectivity index (χ0v) is 37.9. The first-order valence-corrected chi connectivity index (χ1v) is 23.7. The minimum Gasteiger partial charge on any atom is -0.310 e. The monoisotopic (exact) mass is 858 g/mol. The predicted octanol–water partition coefficient (Wildman–Crippen LogP) is 17.1. The van der Waals surface area contributed by atoms with Crippen molar-refractivity contribution in [1.82, 2.24) is 4.57 Å². The molecular weight excluding hydrogens is 809 g/mol. The van der Waals surface area contributed by atoms with Crippen molar-refractivity contribution >= 4 is 38.9 Å². The van der Waals surface area contributed by atoms with Gasteiger partial charge in [-0.1, -0.05) is 196 Å². The summed E-state index contributed by atoms with van der Waals surface area (Å²) in [5, 5.41) is 2.45. The van der Waals surface area contributed by atoms with E-state index in [4.69, 9.17) is 0 Å². The number of hydrogen-bond donors (Lipinski definition) is 0. The van der Waals surface area contributed by atoms with Crippen LogP contribution >= 0.6 is 0 Å². The van der Waals surface area contributed by atoms with E-state index >= 15 is 0 Å². The van der Waals surface area contributed by atoms with Gasteiger partial charge >= 0.3 is 0 Å². The fraction of sp³-hybridized carbons (Fsp3) is 0.0769. The Bertz CT molecular complexity index is 3550. The highest BCUT2D eigenvalue weighted by Gasteiger charge is 2.48. The van der Waals surface area contributed by atoms with Crippen molar-refractivity contribution in [2.75, 3.05) is 4.90 Å². The van der Waals surface area contributed by atoms with Crippen molar-refractivity contribution < 1.29 is 0 Å². The minimum atomic E-state index is -0.486. The van der Waals surface area contributed by atoms with Crippen molar-refractivity contribution in [1.29, 1.82) is 0 Å². The number of nitrogens with zero attached hydrogens (tertiary/aromatic N) is 2. The quantitative estimate of drug-likeness (QED) is 0.133. The van der Waals surface area contributed by atoms with E-state index < -0.39 is 5.41 Å². The molecule has 2 nitrogen and oxygen atoms in total. The number of benzene rings is 10. The largest absolute Gasteiger partial charge is 0.310 e. The second-order valence-corrected chi connectivity index (χ2v) is 17.7. The van der Waals surface area contributed by atoms with Crippen LogP contribution in [-0.4, -0.2) is 4.57 Å². The molecule has 2 heteroatoms. The second kappa shape index (κ2) is 16.7. The summed E-state index contributed by atoms with van der Waals surface area (Å²) in [6.45, 7) is 4.63. The molecule has 11 aromatic rings. The average molecular weight is 859 g/mol. The van der Waals surface area contributed by atoms with Gasteiger partial charge in [-0.15, -0.1) is 0 Å². The van der Waals surface area contributed by atoms with Gasteiger partial charge in [0, 0.05) is 33.5 Å². The summed E-state index contributed by atoms with van der Waals surface area (Å²) in [5.41, 5.74) is 22.0. The normalized spacial score (nSPS) is 12.6. The Hall–Kier alpha value is -8.20. The molecule has 0 unspecified atom stereocenters. The molecule has 0 saturated heterocycles. The molecular formula is C65H50N2. The lowest BCUT2D eigenvalue weighted by Crippen LogP contribution is -2.31. The molecule has 10 aromatic carbocycles. The first-order chi connectivity index (χ1) is 33.2. The molecule has 0 bridgehead atoms. The summed E-state index contributed by atoms with van der Waals surface area (Å²) in [7, 11) is 0. The topological polar surface area (TPSA) is 8.17 Å². The van der Waals surface area contributed by atoms with Crippen LogP contribution in [0.4, 0.5) is 17.1 Å². The molecule has 67 heavy (non-hydrogen) atoms. The van der Waals surface area contributed by atoms with Crippen molar-refractivity contribution in [2.45, 2.75) is 32.1 Å². The molecule has 320 valence electrons. The van der Waals surface area contributed by atoms with Crippen LogP contribution in [0.3, 0.4) is 0 Å². The van der Waals surface area contributed by atoms with Gasteiger partial charge in [-0.3, -0.25) is 0 Å². The predicted molar refractivity (Wildman–Crippen MR) is 282 cm³/mol. The summed E-state index contributed by atoms with van der Waals surface area (Å²) in [6.07, 6.45) is 1.83. The molecule has 0 N–H and O–H groups in total. The van der Waals surface area contributed by atoms with Crippen molar-refractivity contribution in [3.8, 4) is 39.1 Å². The van der Waals surface area contributed by atoms with Crippen molar-refractivity contribution in [3.63, 3.8) is 0 Å². The average Bonchev–Trinajstić information content (AvgIpc) is 3.90. The lowest BCUT2D eigenvalue weighted by molar-refractivity contribution is 0.742. The van der Waals surface area contributed by atoms with Crippen LogP contribution in [0.5, 0.6) is 0 Å². The van der Waals surface area contributed by atoms with Gasteiger partial charge in [-0.25, -0.2) is 0 Å². The van der Waals surface area contributed by atoms with Gasteiger partial charge in [-0.2, -0.15) is 0 Å². The van der Waals surface area contributed by atoms with E-state index in [0.717, 1.165) is 35.6 Å². The Labute approximate surface area is 393 Å². The third-order valence-electron chi connectivity index (χ3n) is 14.3.